The molecule has 1 aliphatic carbocycles. The number of carbonyl (C=O) groups excluding carboxylic acids is 1. The predicted molar refractivity (Wildman–Crippen MR) is 105 cm³/mol. The average molecular weight is 374 g/mol. The predicted octanol–water partition coefficient (Wildman–Crippen LogP) is 3.09. The second-order valence-corrected chi connectivity index (χ2v) is 8.80. The third-order valence-corrected chi connectivity index (χ3v) is 6.94. The van der Waals surface area contributed by atoms with Gasteiger partial charge in [0, 0.05) is 32.0 Å². The smallest absolute Gasteiger partial charge is 0.225 e. The summed E-state index contributed by atoms with van der Waals surface area (Å²) in [6, 6.07) is 0. The number of carbonyl (C=O) groups is 1. The second kappa shape index (κ2) is 8.72. The van der Waals surface area contributed by atoms with E-state index in [0.717, 1.165) is 57.0 Å². The van der Waals surface area contributed by atoms with Crippen LogP contribution in [0.5, 0.6) is 0 Å². The first-order valence-electron chi connectivity index (χ1n) is 11.1. The fourth-order valence-corrected chi connectivity index (χ4v) is 5.15. The van der Waals surface area contributed by atoms with Gasteiger partial charge in [0.1, 0.15) is 11.6 Å². The van der Waals surface area contributed by atoms with Gasteiger partial charge in [-0.25, -0.2) is 0 Å². The summed E-state index contributed by atoms with van der Waals surface area (Å²) in [6.45, 7) is 5.05. The van der Waals surface area contributed by atoms with E-state index in [1.54, 1.807) is 0 Å². The summed E-state index contributed by atoms with van der Waals surface area (Å²) in [5.74, 6) is 3.36. The first-order chi connectivity index (χ1) is 13.2. The largest absolute Gasteiger partial charge is 0.342 e. The van der Waals surface area contributed by atoms with Gasteiger partial charge in [-0.05, 0) is 51.6 Å². The summed E-state index contributed by atoms with van der Waals surface area (Å²) >= 11 is 0. The molecule has 0 radical (unpaired) electrons. The van der Waals surface area contributed by atoms with Gasteiger partial charge >= 0.3 is 0 Å². The number of amides is 1. The molecule has 0 spiro atoms. The van der Waals surface area contributed by atoms with Crippen LogP contribution in [0, 0.1) is 5.92 Å². The molecule has 3 aliphatic rings. The number of rotatable bonds is 4. The fourth-order valence-electron chi connectivity index (χ4n) is 5.15. The van der Waals surface area contributed by atoms with Gasteiger partial charge in [0.25, 0.3) is 0 Å². The van der Waals surface area contributed by atoms with Crippen LogP contribution in [0.25, 0.3) is 0 Å². The van der Waals surface area contributed by atoms with E-state index in [1.165, 1.54) is 51.6 Å². The molecule has 0 atom stereocenters. The first kappa shape index (κ1) is 18.9. The highest BCUT2D eigenvalue weighted by Crippen LogP contribution is 2.31. The Morgan fingerprint density at radius 2 is 1.56 bits per heavy atom. The van der Waals surface area contributed by atoms with Crippen molar-refractivity contribution in [3.05, 3.63) is 11.6 Å². The van der Waals surface area contributed by atoms with Crippen molar-refractivity contribution >= 4 is 5.91 Å². The Morgan fingerprint density at radius 3 is 2.22 bits per heavy atom. The van der Waals surface area contributed by atoms with E-state index in [1.807, 2.05) is 0 Å². The quantitative estimate of drug-likeness (QED) is 0.814. The van der Waals surface area contributed by atoms with Crippen molar-refractivity contribution < 1.29 is 4.79 Å². The highest BCUT2D eigenvalue weighted by molar-refractivity contribution is 5.79. The summed E-state index contributed by atoms with van der Waals surface area (Å²) < 4.78 is 2.23. The number of nitrogens with zero attached hydrogens (tertiary/aromatic N) is 5. The number of hydrogen-bond donors (Lipinski definition) is 0. The van der Waals surface area contributed by atoms with E-state index in [0.29, 0.717) is 17.7 Å². The number of aromatic nitrogens is 3. The Labute approximate surface area is 163 Å². The zero-order chi connectivity index (χ0) is 18.6. The fraction of sp³-hybridized carbons (Fsp3) is 0.857. The maximum Gasteiger partial charge on any atom is 0.225 e. The molecular formula is C21H35N5O. The lowest BCUT2D eigenvalue weighted by molar-refractivity contribution is -0.136. The van der Waals surface area contributed by atoms with Crippen LogP contribution in [0.4, 0.5) is 0 Å². The van der Waals surface area contributed by atoms with E-state index >= 15 is 0 Å². The molecule has 150 valence electrons. The third-order valence-electron chi connectivity index (χ3n) is 6.94. The molecule has 0 unspecified atom stereocenters. The molecule has 4 rings (SSSR count). The molecule has 3 fully saturated rings. The van der Waals surface area contributed by atoms with Crippen LogP contribution in [0.15, 0.2) is 0 Å². The monoisotopic (exact) mass is 373 g/mol. The summed E-state index contributed by atoms with van der Waals surface area (Å²) in [5, 5.41) is 9.08. The first-order valence-corrected chi connectivity index (χ1v) is 11.1. The van der Waals surface area contributed by atoms with Crippen molar-refractivity contribution in [2.24, 2.45) is 13.0 Å². The van der Waals surface area contributed by atoms with Crippen LogP contribution in [0.1, 0.15) is 81.8 Å². The molecule has 27 heavy (non-hydrogen) atoms. The molecule has 2 saturated heterocycles. The van der Waals surface area contributed by atoms with E-state index < -0.39 is 0 Å². The van der Waals surface area contributed by atoms with Gasteiger partial charge in [0.05, 0.1) is 6.54 Å². The van der Waals surface area contributed by atoms with Crippen molar-refractivity contribution in [2.75, 3.05) is 26.2 Å². The Kier molecular flexibility index (Phi) is 6.11. The minimum absolute atomic E-state index is 0.302. The van der Waals surface area contributed by atoms with Crippen molar-refractivity contribution in [1.29, 1.82) is 0 Å². The highest BCUT2D eigenvalue weighted by atomic mass is 16.2. The maximum atomic E-state index is 12.7. The summed E-state index contributed by atoms with van der Waals surface area (Å²) in [4.78, 5) is 17.3. The Morgan fingerprint density at radius 1 is 0.889 bits per heavy atom. The van der Waals surface area contributed by atoms with Gasteiger partial charge in [-0.1, -0.05) is 25.7 Å². The van der Waals surface area contributed by atoms with Crippen LogP contribution in [-0.4, -0.2) is 56.7 Å². The number of likely N-dealkylation sites (tertiary alicyclic amines) is 2. The third kappa shape index (κ3) is 4.36. The standard InChI is InChI=1S/C21H35N5O/c1-24-19(16-25-12-6-2-3-7-13-25)22-23-20(24)17-10-14-26(15-11-17)21(27)18-8-4-5-9-18/h17-18H,2-16H2,1H3. The molecular weight excluding hydrogens is 338 g/mol. The van der Waals surface area contributed by atoms with E-state index in [4.69, 9.17) is 0 Å². The van der Waals surface area contributed by atoms with E-state index in [2.05, 4.69) is 31.6 Å². The maximum absolute atomic E-state index is 12.7. The summed E-state index contributed by atoms with van der Waals surface area (Å²) in [5.41, 5.74) is 0. The topological polar surface area (TPSA) is 54.3 Å². The molecule has 1 amide bonds. The molecule has 1 aromatic heterocycles. The minimum Gasteiger partial charge on any atom is -0.342 e. The van der Waals surface area contributed by atoms with Crippen LogP contribution in [-0.2, 0) is 18.4 Å². The van der Waals surface area contributed by atoms with Crippen molar-refractivity contribution in [1.82, 2.24) is 24.6 Å². The molecule has 0 aromatic carbocycles. The summed E-state index contributed by atoms with van der Waals surface area (Å²) in [6.07, 6.45) is 12.0. The van der Waals surface area contributed by atoms with Gasteiger partial charge in [0.15, 0.2) is 0 Å². The zero-order valence-electron chi connectivity index (χ0n) is 16.9. The molecule has 3 heterocycles. The van der Waals surface area contributed by atoms with Crippen molar-refractivity contribution in [2.45, 2.75) is 76.7 Å². The molecule has 0 N–H and O–H groups in total. The SMILES string of the molecule is Cn1c(CN2CCCCCC2)nnc1C1CCN(C(=O)C2CCCC2)CC1. The number of piperidine rings is 1. The van der Waals surface area contributed by atoms with Crippen molar-refractivity contribution in [3.8, 4) is 0 Å². The molecule has 0 bridgehead atoms. The van der Waals surface area contributed by atoms with Crippen molar-refractivity contribution in [3.63, 3.8) is 0 Å². The van der Waals surface area contributed by atoms with Crippen LogP contribution in [0.2, 0.25) is 0 Å². The molecule has 2 aliphatic heterocycles. The van der Waals surface area contributed by atoms with Gasteiger partial charge in [0.2, 0.25) is 5.91 Å². The van der Waals surface area contributed by atoms with Gasteiger partial charge in [-0.2, -0.15) is 0 Å². The molecule has 6 nitrogen and oxygen atoms in total. The van der Waals surface area contributed by atoms with Crippen LogP contribution >= 0.6 is 0 Å². The lowest BCUT2D eigenvalue weighted by atomic mass is 9.94. The Balaban J connectivity index is 1.33. The van der Waals surface area contributed by atoms with Gasteiger partial charge in [-0.15, -0.1) is 10.2 Å². The van der Waals surface area contributed by atoms with Gasteiger partial charge < -0.3 is 9.47 Å². The van der Waals surface area contributed by atoms with E-state index in [-0.39, 0.29) is 0 Å². The average Bonchev–Trinajstić information content (AvgIpc) is 3.27. The minimum atomic E-state index is 0.302. The Bertz CT molecular complexity index is 621. The van der Waals surface area contributed by atoms with Gasteiger partial charge in [-0.3, -0.25) is 9.69 Å². The zero-order valence-corrected chi connectivity index (χ0v) is 16.9. The van der Waals surface area contributed by atoms with E-state index in [9.17, 15) is 4.79 Å². The normalized spacial score (nSPS) is 23.7. The van der Waals surface area contributed by atoms with Crippen LogP contribution in [0.3, 0.4) is 0 Å². The van der Waals surface area contributed by atoms with Crippen LogP contribution < -0.4 is 0 Å². The lowest BCUT2D eigenvalue weighted by Gasteiger charge is -2.33. The molecule has 6 heteroatoms. The molecule has 1 aromatic rings. The summed E-state index contributed by atoms with van der Waals surface area (Å²) in [7, 11) is 2.12. The Hall–Kier alpha value is -1.43. The molecule has 1 saturated carbocycles. The highest BCUT2D eigenvalue weighted by Gasteiger charge is 2.32. The second-order valence-electron chi connectivity index (χ2n) is 8.80. The number of hydrogen-bond acceptors (Lipinski definition) is 4. The lowest BCUT2D eigenvalue weighted by Crippen LogP contribution is -2.41.